The lowest BCUT2D eigenvalue weighted by atomic mass is 10.0. The van der Waals surface area contributed by atoms with Crippen molar-refractivity contribution in [2.75, 3.05) is 33.2 Å². The predicted molar refractivity (Wildman–Crippen MR) is 51.3 cm³/mol. The zero-order chi connectivity index (χ0) is 8.55. The Morgan fingerprint density at radius 2 is 2.08 bits per heavy atom. The highest BCUT2D eigenvalue weighted by Gasteiger charge is 2.28. The first-order chi connectivity index (χ1) is 5.75. The zero-order valence-corrected chi connectivity index (χ0v) is 8.29. The van der Waals surface area contributed by atoms with E-state index in [0.29, 0.717) is 0 Å². The summed E-state index contributed by atoms with van der Waals surface area (Å²) >= 11 is 0. The van der Waals surface area contributed by atoms with Gasteiger partial charge in [-0.05, 0) is 39.3 Å². The Morgan fingerprint density at radius 1 is 1.33 bits per heavy atom. The summed E-state index contributed by atoms with van der Waals surface area (Å²) in [6.07, 6.45) is 2.84. The molecule has 2 heteroatoms. The lowest BCUT2D eigenvalue weighted by molar-refractivity contribution is 0.0884. The van der Waals surface area contributed by atoms with Crippen LogP contribution in [0.25, 0.3) is 0 Å². The van der Waals surface area contributed by atoms with Crippen LogP contribution in [0.2, 0.25) is 0 Å². The van der Waals surface area contributed by atoms with Crippen LogP contribution in [-0.2, 0) is 0 Å². The molecule has 12 heavy (non-hydrogen) atoms. The van der Waals surface area contributed by atoms with E-state index in [-0.39, 0.29) is 0 Å². The van der Waals surface area contributed by atoms with Crippen molar-refractivity contribution in [1.29, 1.82) is 0 Å². The average Bonchev–Trinajstić information content (AvgIpc) is 2.33. The van der Waals surface area contributed by atoms with E-state index in [1.807, 2.05) is 0 Å². The third-order valence-corrected chi connectivity index (χ3v) is 3.32. The second-order valence-electron chi connectivity index (χ2n) is 4.57. The van der Waals surface area contributed by atoms with Crippen molar-refractivity contribution in [3.8, 4) is 0 Å². The van der Waals surface area contributed by atoms with Crippen molar-refractivity contribution in [3.05, 3.63) is 0 Å². The van der Waals surface area contributed by atoms with E-state index < -0.39 is 0 Å². The standard InChI is InChI=1S/C10H20N2/c1-9-4-3-5-12(9)8-10-6-11(2)7-10/h9-10H,3-8H2,1-2H3. The fourth-order valence-corrected chi connectivity index (χ4v) is 2.54. The smallest absolute Gasteiger partial charge is 0.00675 e. The lowest BCUT2D eigenvalue weighted by Gasteiger charge is -2.39. The molecule has 0 aromatic carbocycles. The zero-order valence-electron chi connectivity index (χ0n) is 8.29. The molecule has 0 bridgehead atoms. The van der Waals surface area contributed by atoms with Gasteiger partial charge in [-0.3, -0.25) is 0 Å². The predicted octanol–water partition coefficient (Wildman–Crippen LogP) is 1.03. The maximum Gasteiger partial charge on any atom is 0.00675 e. The minimum Gasteiger partial charge on any atom is -0.306 e. The van der Waals surface area contributed by atoms with Gasteiger partial charge in [0.15, 0.2) is 0 Å². The van der Waals surface area contributed by atoms with Crippen LogP contribution in [0.5, 0.6) is 0 Å². The van der Waals surface area contributed by atoms with Crippen molar-refractivity contribution in [2.24, 2.45) is 5.92 Å². The summed E-state index contributed by atoms with van der Waals surface area (Å²) in [5.41, 5.74) is 0. The summed E-state index contributed by atoms with van der Waals surface area (Å²) < 4.78 is 0. The van der Waals surface area contributed by atoms with Gasteiger partial charge in [-0.2, -0.15) is 0 Å². The average molecular weight is 168 g/mol. The topological polar surface area (TPSA) is 6.48 Å². The van der Waals surface area contributed by atoms with E-state index in [9.17, 15) is 0 Å². The molecule has 2 heterocycles. The van der Waals surface area contributed by atoms with E-state index in [2.05, 4.69) is 23.8 Å². The molecule has 2 fully saturated rings. The Balaban J connectivity index is 1.72. The van der Waals surface area contributed by atoms with Gasteiger partial charge in [0.25, 0.3) is 0 Å². The van der Waals surface area contributed by atoms with Gasteiger partial charge >= 0.3 is 0 Å². The van der Waals surface area contributed by atoms with Crippen LogP contribution in [0.3, 0.4) is 0 Å². The number of hydrogen-bond acceptors (Lipinski definition) is 2. The fourth-order valence-electron chi connectivity index (χ4n) is 2.54. The van der Waals surface area contributed by atoms with Crippen molar-refractivity contribution >= 4 is 0 Å². The Morgan fingerprint density at radius 3 is 2.58 bits per heavy atom. The van der Waals surface area contributed by atoms with Gasteiger partial charge in [0.2, 0.25) is 0 Å². The maximum atomic E-state index is 2.66. The van der Waals surface area contributed by atoms with E-state index >= 15 is 0 Å². The van der Waals surface area contributed by atoms with E-state index in [1.54, 1.807) is 0 Å². The van der Waals surface area contributed by atoms with Gasteiger partial charge in [0, 0.05) is 25.7 Å². The number of hydrogen-bond donors (Lipinski definition) is 0. The van der Waals surface area contributed by atoms with Crippen molar-refractivity contribution in [2.45, 2.75) is 25.8 Å². The minimum absolute atomic E-state index is 0.857. The third-order valence-electron chi connectivity index (χ3n) is 3.32. The first-order valence-electron chi connectivity index (χ1n) is 5.18. The molecule has 2 aliphatic heterocycles. The molecule has 0 spiro atoms. The highest BCUT2D eigenvalue weighted by atomic mass is 15.2. The molecule has 0 radical (unpaired) electrons. The molecule has 70 valence electrons. The lowest BCUT2D eigenvalue weighted by Crippen LogP contribution is -2.49. The van der Waals surface area contributed by atoms with Crippen LogP contribution in [0.1, 0.15) is 19.8 Å². The summed E-state index contributed by atoms with van der Waals surface area (Å²) in [6, 6.07) is 0.857. The molecule has 0 aromatic heterocycles. The van der Waals surface area contributed by atoms with Crippen LogP contribution in [-0.4, -0.2) is 49.1 Å². The largest absolute Gasteiger partial charge is 0.306 e. The summed E-state index contributed by atoms with van der Waals surface area (Å²) in [7, 11) is 2.21. The van der Waals surface area contributed by atoms with Gasteiger partial charge in [0.05, 0.1) is 0 Å². The van der Waals surface area contributed by atoms with Crippen molar-refractivity contribution < 1.29 is 0 Å². The van der Waals surface area contributed by atoms with Gasteiger partial charge in [-0.1, -0.05) is 0 Å². The number of rotatable bonds is 2. The minimum atomic E-state index is 0.857. The molecule has 2 saturated heterocycles. The van der Waals surface area contributed by atoms with Crippen LogP contribution < -0.4 is 0 Å². The second kappa shape index (κ2) is 3.35. The monoisotopic (exact) mass is 168 g/mol. The molecule has 0 N–H and O–H groups in total. The molecule has 0 aromatic rings. The molecule has 2 rings (SSSR count). The SMILES string of the molecule is CC1CCCN1CC1CN(C)C1. The summed E-state index contributed by atoms with van der Waals surface area (Å²) in [5, 5.41) is 0. The normalized spacial score (nSPS) is 34.0. The Kier molecular flexibility index (Phi) is 2.37. The highest BCUT2D eigenvalue weighted by Crippen LogP contribution is 2.21. The third kappa shape index (κ3) is 1.64. The molecule has 2 aliphatic rings. The summed E-state index contributed by atoms with van der Waals surface area (Å²) in [6.45, 7) is 7.72. The molecule has 0 amide bonds. The highest BCUT2D eigenvalue weighted by molar-refractivity contribution is 4.84. The van der Waals surface area contributed by atoms with E-state index in [1.165, 1.54) is 39.0 Å². The van der Waals surface area contributed by atoms with Crippen LogP contribution >= 0.6 is 0 Å². The first-order valence-corrected chi connectivity index (χ1v) is 5.18. The van der Waals surface area contributed by atoms with Crippen molar-refractivity contribution in [3.63, 3.8) is 0 Å². The molecular weight excluding hydrogens is 148 g/mol. The maximum absolute atomic E-state index is 2.66. The van der Waals surface area contributed by atoms with Gasteiger partial charge in [0.1, 0.15) is 0 Å². The Hall–Kier alpha value is -0.0800. The quantitative estimate of drug-likeness (QED) is 0.607. The van der Waals surface area contributed by atoms with E-state index in [4.69, 9.17) is 0 Å². The van der Waals surface area contributed by atoms with Gasteiger partial charge < -0.3 is 9.80 Å². The van der Waals surface area contributed by atoms with Crippen LogP contribution in [0.15, 0.2) is 0 Å². The number of nitrogens with zero attached hydrogens (tertiary/aromatic N) is 2. The van der Waals surface area contributed by atoms with Gasteiger partial charge in [-0.15, -0.1) is 0 Å². The van der Waals surface area contributed by atoms with E-state index in [0.717, 1.165) is 12.0 Å². The van der Waals surface area contributed by atoms with Gasteiger partial charge in [-0.25, -0.2) is 0 Å². The fraction of sp³-hybridized carbons (Fsp3) is 1.00. The molecule has 2 nitrogen and oxygen atoms in total. The molecule has 0 aliphatic carbocycles. The second-order valence-corrected chi connectivity index (χ2v) is 4.57. The summed E-state index contributed by atoms with van der Waals surface area (Å²) in [4.78, 5) is 5.07. The van der Waals surface area contributed by atoms with Crippen LogP contribution in [0.4, 0.5) is 0 Å². The molecule has 1 unspecified atom stereocenters. The molecule has 1 atom stereocenters. The number of likely N-dealkylation sites (tertiary alicyclic amines) is 2. The van der Waals surface area contributed by atoms with Crippen LogP contribution in [0, 0.1) is 5.92 Å². The Labute approximate surface area is 75.5 Å². The summed E-state index contributed by atoms with van der Waals surface area (Å²) in [5.74, 6) is 0.968. The molecular formula is C10H20N2. The van der Waals surface area contributed by atoms with Crippen molar-refractivity contribution in [1.82, 2.24) is 9.80 Å². The Bertz CT molecular complexity index is 152. The first kappa shape index (κ1) is 8.52. The molecule has 0 saturated carbocycles.